The van der Waals surface area contributed by atoms with Crippen molar-refractivity contribution in [2.45, 2.75) is 25.7 Å². The summed E-state index contributed by atoms with van der Waals surface area (Å²) in [5.74, 6) is -0.726. The van der Waals surface area contributed by atoms with Crippen molar-refractivity contribution in [3.8, 4) is 6.07 Å². The van der Waals surface area contributed by atoms with Crippen LogP contribution in [0.4, 0.5) is 5.69 Å². The lowest BCUT2D eigenvalue weighted by molar-refractivity contribution is -0.141. The third-order valence-corrected chi connectivity index (χ3v) is 3.62. The highest BCUT2D eigenvalue weighted by Gasteiger charge is 2.38. The maximum Gasteiger partial charge on any atom is 0.303 e. The van der Waals surface area contributed by atoms with Crippen molar-refractivity contribution in [1.29, 1.82) is 5.26 Å². The molecule has 0 spiro atoms. The predicted octanol–water partition coefficient (Wildman–Crippen LogP) is 2.62. The van der Waals surface area contributed by atoms with E-state index in [0.29, 0.717) is 12.1 Å². The summed E-state index contributed by atoms with van der Waals surface area (Å²) in [7, 11) is 0. The maximum atomic E-state index is 10.8. The molecular weight excluding hydrogens is 228 g/mol. The van der Waals surface area contributed by atoms with Gasteiger partial charge in [-0.1, -0.05) is 6.42 Å². The molecular formula is C14H16N2O2. The maximum absolute atomic E-state index is 10.8. The van der Waals surface area contributed by atoms with E-state index in [1.54, 1.807) is 12.1 Å². The summed E-state index contributed by atoms with van der Waals surface area (Å²) in [6.45, 7) is 0.686. The molecule has 0 amide bonds. The van der Waals surface area contributed by atoms with Crippen molar-refractivity contribution in [2.75, 3.05) is 11.9 Å². The van der Waals surface area contributed by atoms with Gasteiger partial charge in [0.05, 0.1) is 18.1 Å². The van der Waals surface area contributed by atoms with Gasteiger partial charge >= 0.3 is 5.97 Å². The summed E-state index contributed by atoms with van der Waals surface area (Å²) >= 11 is 0. The van der Waals surface area contributed by atoms with Crippen LogP contribution in [-0.4, -0.2) is 17.6 Å². The number of benzene rings is 1. The summed E-state index contributed by atoms with van der Waals surface area (Å²) in [6, 6.07) is 9.29. The Balaban J connectivity index is 1.93. The van der Waals surface area contributed by atoms with Crippen molar-refractivity contribution in [1.82, 2.24) is 0 Å². The predicted molar refractivity (Wildman–Crippen MR) is 68.2 cm³/mol. The highest BCUT2D eigenvalue weighted by atomic mass is 16.4. The van der Waals surface area contributed by atoms with Crippen LogP contribution < -0.4 is 5.32 Å². The lowest BCUT2D eigenvalue weighted by atomic mass is 9.66. The van der Waals surface area contributed by atoms with E-state index < -0.39 is 5.97 Å². The number of rotatable bonds is 5. The first-order valence-electron chi connectivity index (χ1n) is 6.09. The summed E-state index contributed by atoms with van der Waals surface area (Å²) in [4.78, 5) is 10.8. The summed E-state index contributed by atoms with van der Waals surface area (Å²) in [5, 5.41) is 20.9. The smallest absolute Gasteiger partial charge is 0.303 e. The Morgan fingerprint density at radius 2 is 2.06 bits per heavy atom. The van der Waals surface area contributed by atoms with Gasteiger partial charge in [-0.3, -0.25) is 4.79 Å². The summed E-state index contributed by atoms with van der Waals surface area (Å²) in [5.41, 5.74) is 1.48. The highest BCUT2D eigenvalue weighted by molar-refractivity contribution is 5.68. The van der Waals surface area contributed by atoms with Crippen molar-refractivity contribution in [3.05, 3.63) is 29.8 Å². The number of nitrogens with zero attached hydrogens (tertiary/aromatic N) is 1. The molecule has 0 aromatic heterocycles. The first-order chi connectivity index (χ1) is 8.63. The first-order valence-corrected chi connectivity index (χ1v) is 6.09. The first kappa shape index (κ1) is 12.4. The molecule has 1 fully saturated rings. The fraction of sp³-hybridized carbons (Fsp3) is 0.429. The topological polar surface area (TPSA) is 73.1 Å². The van der Waals surface area contributed by atoms with Gasteiger partial charge in [0.25, 0.3) is 0 Å². The summed E-state index contributed by atoms with van der Waals surface area (Å²) < 4.78 is 0. The van der Waals surface area contributed by atoms with Gasteiger partial charge in [-0.25, -0.2) is 0 Å². The molecule has 0 saturated heterocycles. The van der Waals surface area contributed by atoms with Crippen molar-refractivity contribution in [3.63, 3.8) is 0 Å². The van der Waals surface area contributed by atoms with Gasteiger partial charge in [-0.05, 0) is 42.5 Å². The molecule has 0 heterocycles. The van der Waals surface area contributed by atoms with Crippen LogP contribution in [0.15, 0.2) is 24.3 Å². The fourth-order valence-electron chi connectivity index (χ4n) is 2.37. The Morgan fingerprint density at radius 3 is 2.50 bits per heavy atom. The molecule has 1 aliphatic rings. The van der Waals surface area contributed by atoms with Crippen LogP contribution in [0.2, 0.25) is 0 Å². The monoisotopic (exact) mass is 244 g/mol. The standard InChI is InChI=1S/C14H16N2O2/c15-9-11-2-4-12(5-3-11)16-10-14(6-1-7-14)8-13(17)18/h2-5,16H,1,6-8,10H2,(H,17,18). The molecule has 2 rings (SSSR count). The van der Waals surface area contributed by atoms with E-state index >= 15 is 0 Å². The van der Waals surface area contributed by atoms with E-state index in [-0.39, 0.29) is 11.8 Å². The van der Waals surface area contributed by atoms with E-state index in [0.717, 1.165) is 24.9 Å². The molecule has 0 atom stereocenters. The van der Waals surface area contributed by atoms with Crippen molar-refractivity contribution >= 4 is 11.7 Å². The van der Waals surface area contributed by atoms with Gasteiger partial charge < -0.3 is 10.4 Å². The van der Waals surface area contributed by atoms with Gasteiger partial charge in [-0.15, -0.1) is 0 Å². The third-order valence-electron chi connectivity index (χ3n) is 3.62. The van der Waals surface area contributed by atoms with Gasteiger partial charge in [0.2, 0.25) is 0 Å². The van der Waals surface area contributed by atoms with Crippen LogP contribution >= 0.6 is 0 Å². The molecule has 1 aromatic carbocycles. The second-order valence-electron chi connectivity index (χ2n) is 4.97. The van der Waals surface area contributed by atoms with Crippen LogP contribution in [-0.2, 0) is 4.79 Å². The van der Waals surface area contributed by atoms with Crippen LogP contribution in [0, 0.1) is 16.7 Å². The van der Waals surface area contributed by atoms with Crippen LogP contribution in [0.3, 0.4) is 0 Å². The molecule has 1 aromatic rings. The molecule has 0 aliphatic heterocycles. The second kappa shape index (κ2) is 5.09. The number of hydrogen-bond donors (Lipinski definition) is 2. The molecule has 4 nitrogen and oxygen atoms in total. The fourth-order valence-corrected chi connectivity index (χ4v) is 2.37. The van der Waals surface area contributed by atoms with E-state index in [1.807, 2.05) is 12.1 Å². The van der Waals surface area contributed by atoms with E-state index in [9.17, 15) is 4.79 Å². The molecule has 0 radical (unpaired) electrons. The average Bonchev–Trinajstić information content (AvgIpc) is 2.32. The minimum atomic E-state index is -0.726. The zero-order valence-corrected chi connectivity index (χ0v) is 10.1. The van der Waals surface area contributed by atoms with Crippen molar-refractivity contribution < 1.29 is 9.90 Å². The molecule has 4 heteroatoms. The Hall–Kier alpha value is -2.02. The lowest BCUT2D eigenvalue weighted by Gasteiger charge is -2.41. The Bertz CT molecular complexity index is 470. The average molecular weight is 244 g/mol. The molecule has 0 bridgehead atoms. The molecule has 2 N–H and O–H groups in total. The lowest BCUT2D eigenvalue weighted by Crippen LogP contribution is -2.38. The van der Waals surface area contributed by atoms with Crippen LogP contribution in [0.1, 0.15) is 31.2 Å². The zero-order chi connectivity index (χ0) is 13.0. The van der Waals surface area contributed by atoms with Gasteiger partial charge in [0.15, 0.2) is 0 Å². The van der Waals surface area contributed by atoms with E-state index in [2.05, 4.69) is 11.4 Å². The van der Waals surface area contributed by atoms with Gasteiger partial charge in [0, 0.05) is 12.2 Å². The van der Waals surface area contributed by atoms with E-state index in [4.69, 9.17) is 10.4 Å². The molecule has 18 heavy (non-hydrogen) atoms. The summed E-state index contributed by atoms with van der Waals surface area (Å²) in [6.07, 6.45) is 3.30. The van der Waals surface area contributed by atoms with Crippen LogP contribution in [0.25, 0.3) is 0 Å². The van der Waals surface area contributed by atoms with Crippen molar-refractivity contribution in [2.24, 2.45) is 5.41 Å². The Labute approximate surface area is 106 Å². The highest BCUT2D eigenvalue weighted by Crippen LogP contribution is 2.43. The van der Waals surface area contributed by atoms with Crippen LogP contribution in [0.5, 0.6) is 0 Å². The largest absolute Gasteiger partial charge is 0.481 e. The minimum absolute atomic E-state index is 0.0836. The minimum Gasteiger partial charge on any atom is -0.481 e. The molecule has 1 aliphatic carbocycles. The molecule has 0 unspecified atom stereocenters. The number of nitriles is 1. The number of nitrogens with one attached hydrogen (secondary N) is 1. The van der Waals surface area contributed by atoms with Gasteiger partial charge in [0.1, 0.15) is 0 Å². The number of aliphatic carboxylic acids is 1. The molecule has 94 valence electrons. The van der Waals surface area contributed by atoms with E-state index in [1.165, 1.54) is 0 Å². The number of carboxylic acid groups (broad SMARTS) is 1. The number of hydrogen-bond acceptors (Lipinski definition) is 3. The number of anilines is 1. The molecule has 1 saturated carbocycles. The second-order valence-corrected chi connectivity index (χ2v) is 4.97. The number of carbonyl (C=O) groups is 1. The Kier molecular flexibility index (Phi) is 3.52. The quantitative estimate of drug-likeness (QED) is 0.835. The van der Waals surface area contributed by atoms with Gasteiger partial charge in [-0.2, -0.15) is 5.26 Å². The number of carboxylic acids is 1. The Morgan fingerprint density at radius 1 is 1.39 bits per heavy atom. The normalized spacial score (nSPS) is 16.4. The zero-order valence-electron chi connectivity index (χ0n) is 10.1. The SMILES string of the molecule is N#Cc1ccc(NCC2(CC(=O)O)CCC2)cc1. The third kappa shape index (κ3) is 2.80.